The Hall–Kier alpha value is -1.26. The lowest BCUT2D eigenvalue weighted by Crippen LogP contribution is -1.94. The van der Waals surface area contributed by atoms with Gasteiger partial charge in [0.05, 0.1) is 0 Å². The Morgan fingerprint density at radius 3 is 2.09 bits per heavy atom. The van der Waals surface area contributed by atoms with Crippen molar-refractivity contribution in [3.05, 3.63) is 35.9 Å². The minimum Gasteiger partial charge on any atom is -0.326 e. The van der Waals surface area contributed by atoms with Crippen LogP contribution in [0.1, 0.15) is 12.5 Å². The van der Waals surface area contributed by atoms with Crippen LogP contribution in [0.4, 0.5) is 0 Å². The topological polar surface area (TPSA) is 26.0 Å². The highest BCUT2D eigenvalue weighted by Crippen LogP contribution is 1.94. The van der Waals surface area contributed by atoms with Gasteiger partial charge < -0.3 is 5.73 Å². The van der Waals surface area contributed by atoms with E-state index in [2.05, 4.69) is 12.3 Å². The van der Waals surface area contributed by atoms with Crippen LogP contribution in [0.15, 0.2) is 30.3 Å². The van der Waals surface area contributed by atoms with Crippen molar-refractivity contribution in [2.45, 2.75) is 13.5 Å². The molecular weight excluding hydrogens is 134 g/mol. The summed E-state index contributed by atoms with van der Waals surface area (Å²) in [5.74, 6) is 2.25. The molecule has 0 saturated heterocycles. The van der Waals surface area contributed by atoms with Crippen molar-refractivity contribution in [3.63, 3.8) is 0 Å². The summed E-state index contributed by atoms with van der Waals surface area (Å²) in [6, 6.07) is 9.99. The number of terminal acetylenes is 1. The number of hydrogen-bond acceptors (Lipinski definition) is 1. The zero-order chi connectivity index (χ0) is 8.53. The van der Waals surface area contributed by atoms with Crippen molar-refractivity contribution in [2.24, 2.45) is 5.73 Å². The molecule has 1 aromatic rings. The first-order chi connectivity index (χ1) is 5.35. The van der Waals surface area contributed by atoms with E-state index >= 15 is 0 Å². The summed E-state index contributed by atoms with van der Waals surface area (Å²) in [6.07, 6.45) is 4.60. The second-order valence-corrected chi connectivity index (χ2v) is 1.98. The Bertz CT molecular complexity index is 208. The molecule has 0 radical (unpaired) electrons. The lowest BCUT2D eigenvalue weighted by molar-refractivity contribution is 1.07. The molecule has 58 valence electrons. The van der Waals surface area contributed by atoms with Gasteiger partial charge in [0.1, 0.15) is 0 Å². The minimum atomic E-state index is 0.640. The quantitative estimate of drug-likeness (QED) is 0.602. The van der Waals surface area contributed by atoms with E-state index in [9.17, 15) is 0 Å². The third-order valence-corrected chi connectivity index (χ3v) is 1.08. The van der Waals surface area contributed by atoms with Crippen molar-refractivity contribution in [3.8, 4) is 12.3 Å². The van der Waals surface area contributed by atoms with E-state index in [1.165, 1.54) is 5.56 Å². The van der Waals surface area contributed by atoms with E-state index in [4.69, 9.17) is 5.73 Å². The standard InChI is InChI=1S/C7H9N.C3H4/c8-6-7-4-2-1-3-5-7;1-3-2/h1-5H,6,8H2;1H,2H3. The molecule has 0 saturated carbocycles. The molecule has 1 heteroatoms. The van der Waals surface area contributed by atoms with Crippen LogP contribution in [0.25, 0.3) is 0 Å². The maximum Gasteiger partial charge on any atom is 0.0178 e. The molecule has 0 atom stereocenters. The van der Waals surface area contributed by atoms with Gasteiger partial charge in [0.15, 0.2) is 0 Å². The van der Waals surface area contributed by atoms with Crippen molar-refractivity contribution in [1.82, 2.24) is 0 Å². The van der Waals surface area contributed by atoms with Crippen LogP contribution in [-0.2, 0) is 6.54 Å². The van der Waals surface area contributed by atoms with Crippen molar-refractivity contribution >= 4 is 0 Å². The Morgan fingerprint density at radius 2 is 1.82 bits per heavy atom. The first kappa shape index (κ1) is 9.74. The molecule has 0 amide bonds. The third kappa shape index (κ3) is 5.20. The number of nitrogens with two attached hydrogens (primary N) is 1. The highest BCUT2D eigenvalue weighted by atomic mass is 14.5. The first-order valence-electron chi connectivity index (χ1n) is 3.46. The Morgan fingerprint density at radius 1 is 1.36 bits per heavy atom. The maximum absolute atomic E-state index is 5.35. The van der Waals surface area contributed by atoms with Gasteiger partial charge in [0.25, 0.3) is 0 Å². The average Bonchev–Trinajstić information content (AvgIpc) is 2.08. The normalized spacial score (nSPS) is 7.36. The van der Waals surface area contributed by atoms with Gasteiger partial charge in [0, 0.05) is 6.54 Å². The molecule has 0 heterocycles. The molecule has 11 heavy (non-hydrogen) atoms. The Balaban J connectivity index is 0.000000292. The molecule has 2 N–H and O–H groups in total. The van der Waals surface area contributed by atoms with E-state index in [-0.39, 0.29) is 0 Å². The Labute approximate surface area is 68.2 Å². The predicted octanol–water partition coefficient (Wildman–Crippen LogP) is 1.78. The molecule has 0 spiro atoms. The Kier molecular flexibility index (Phi) is 6.07. The van der Waals surface area contributed by atoms with Gasteiger partial charge in [-0.05, 0) is 12.5 Å². The van der Waals surface area contributed by atoms with Gasteiger partial charge >= 0.3 is 0 Å². The van der Waals surface area contributed by atoms with Crippen LogP contribution in [0.5, 0.6) is 0 Å². The van der Waals surface area contributed by atoms with Crippen LogP contribution in [0, 0.1) is 12.3 Å². The summed E-state index contributed by atoms with van der Waals surface area (Å²) in [4.78, 5) is 0. The summed E-state index contributed by atoms with van der Waals surface area (Å²) in [7, 11) is 0. The number of rotatable bonds is 1. The lowest BCUT2D eigenvalue weighted by Gasteiger charge is -1.90. The summed E-state index contributed by atoms with van der Waals surface area (Å²) >= 11 is 0. The van der Waals surface area contributed by atoms with Gasteiger partial charge in [-0.25, -0.2) is 0 Å². The molecule has 0 aliphatic carbocycles. The summed E-state index contributed by atoms with van der Waals surface area (Å²) in [5, 5.41) is 0. The average molecular weight is 147 g/mol. The van der Waals surface area contributed by atoms with E-state index < -0.39 is 0 Å². The maximum atomic E-state index is 5.35. The highest BCUT2D eigenvalue weighted by Gasteiger charge is 1.80. The first-order valence-corrected chi connectivity index (χ1v) is 3.46. The third-order valence-electron chi connectivity index (χ3n) is 1.08. The van der Waals surface area contributed by atoms with Crippen LogP contribution < -0.4 is 5.73 Å². The fourth-order valence-corrected chi connectivity index (χ4v) is 0.614. The van der Waals surface area contributed by atoms with Gasteiger partial charge in [-0.1, -0.05) is 30.3 Å². The molecular formula is C10H13N. The fraction of sp³-hybridized carbons (Fsp3) is 0.200. The van der Waals surface area contributed by atoms with Crippen LogP contribution >= 0.6 is 0 Å². The predicted molar refractivity (Wildman–Crippen MR) is 48.8 cm³/mol. The summed E-state index contributed by atoms with van der Waals surface area (Å²) in [6.45, 7) is 2.29. The summed E-state index contributed by atoms with van der Waals surface area (Å²) < 4.78 is 0. The number of hydrogen-bond donors (Lipinski definition) is 1. The highest BCUT2D eigenvalue weighted by molar-refractivity contribution is 5.13. The van der Waals surface area contributed by atoms with Crippen molar-refractivity contribution in [2.75, 3.05) is 0 Å². The SMILES string of the molecule is C#CC.NCc1ccccc1. The van der Waals surface area contributed by atoms with E-state index in [0.29, 0.717) is 6.54 Å². The van der Waals surface area contributed by atoms with Gasteiger partial charge in [-0.2, -0.15) is 0 Å². The monoisotopic (exact) mass is 147 g/mol. The van der Waals surface area contributed by atoms with E-state index in [0.717, 1.165) is 0 Å². The largest absolute Gasteiger partial charge is 0.326 e. The van der Waals surface area contributed by atoms with E-state index in [1.807, 2.05) is 30.3 Å². The lowest BCUT2D eigenvalue weighted by atomic mass is 10.2. The molecule has 0 bridgehead atoms. The molecule has 1 rings (SSSR count). The second kappa shape index (κ2) is 6.85. The molecule has 0 aliphatic heterocycles. The number of benzene rings is 1. The van der Waals surface area contributed by atoms with Crippen LogP contribution in [0.3, 0.4) is 0 Å². The van der Waals surface area contributed by atoms with Gasteiger partial charge in [-0.15, -0.1) is 12.3 Å². The van der Waals surface area contributed by atoms with Gasteiger partial charge in [0.2, 0.25) is 0 Å². The van der Waals surface area contributed by atoms with Crippen LogP contribution in [0.2, 0.25) is 0 Å². The molecule has 1 nitrogen and oxygen atoms in total. The molecule has 1 aromatic carbocycles. The van der Waals surface area contributed by atoms with Gasteiger partial charge in [-0.3, -0.25) is 0 Å². The second-order valence-electron chi connectivity index (χ2n) is 1.98. The smallest absolute Gasteiger partial charge is 0.0178 e. The minimum absolute atomic E-state index is 0.640. The molecule has 0 fully saturated rings. The molecule has 0 unspecified atom stereocenters. The molecule has 0 aliphatic rings. The fourth-order valence-electron chi connectivity index (χ4n) is 0.614. The zero-order valence-electron chi connectivity index (χ0n) is 6.75. The summed E-state index contributed by atoms with van der Waals surface area (Å²) in [5.41, 5.74) is 6.54. The van der Waals surface area contributed by atoms with Crippen LogP contribution in [-0.4, -0.2) is 0 Å². The van der Waals surface area contributed by atoms with Crippen molar-refractivity contribution < 1.29 is 0 Å². The molecule has 0 aromatic heterocycles. The zero-order valence-corrected chi connectivity index (χ0v) is 6.75. The van der Waals surface area contributed by atoms with E-state index in [1.54, 1.807) is 6.92 Å². The van der Waals surface area contributed by atoms with Crippen molar-refractivity contribution in [1.29, 1.82) is 0 Å².